The Morgan fingerprint density at radius 3 is 2.56 bits per heavy atom. The third kappa shape index (κ3) is 6.88. The number of rotatable bonds is 9. The van der Waals surface area contributed by atoms with E-state index in [1.165, 1.54) is 16.7 Å². The molecule has 9 heteroatoms. The maximum absolute atomic E-state index is 13.3. The van der Waals surface area contributed by atoms with Gasteiger partial charge in [-0.1, -0.05) is 59.8 Å². The molecule has 2 fully saturated rings. The summed E-state index contributed by atoms with van der Waals surface area (Å²) < 4.78 is 6.28. The van der Waals surface area contributed by atoms with Crippen LogP contribution < -0.4 is 4.90 Å². The van der Waals surface area contributed by atoms with E-state index in [0.717, 1.165) is 36.3 Å². The van der Waals surface area contributed by atoms with E-state index in [2.05, 4.69) is 24.3 Å². The summed E-state index contributed by atoms with van der Waals surface area (Å²) in [6.07, 6.45) is 4.02. The zero-order valence-electron chi connectivity index (χ0n) is 20.5. The fourth-order valence-electron chi connectivity index (χ4n) is 4.18. The van der Waals surface area contributed by atoms with Gasteiger partial charge in [0.25, 0.3) is 5.91 Å². The average Bonchev–Trinajstić information content (AvgIpc) is 3.46. The van der Waals surface area contributed by atoms with Crippen molar-refractivity contribution in [2.75, 3.05) is 38.7 Å². The van der Waals surface area contributed by atoms with Gasteiger partial charge in [0.05, 0.1) is 11.0 Å². The number of benzene rings is 2. The molecule has 0 N–H and O–H groups in total. The molecule has 0 aromatic heterocycles. The molecule has 0 radical (unpaired) electrons. The molecule has 1 atom stereocenters. The number of ether oxygens (including phenoxy) is 1. The van der Waals surface area contributed by atoms with Crippen LogP contribution in [0.5, 0.6) is 0 Å². The van der Waals surface area contributed by atoms with Crippen LogP contribution in [0.1, 0.15) is 30.4 Å². The smallest absolute Gasteiger partial charge is 0.266 e. The zero-order valence-corrected chi connectivity index (χ0v) is 22.9. The number of carbonyl (C=O) groups excluding carboxylic acids is 2. The van der Waals surface area contributed by atoms with Gasteiger partial charge in [0.1, 0.15) is 4.32 Å². The molecular weight excluding hydrogens is 514 g/mol. The van der Waals surface area contributed by atoms with Crippen molar-refractivity contribution < 1.29 is 14.3 Å². The van der Waals surface area contributed by atoms with Crippen LogP contribution in [0.15, 0.2) is 53.4 Å². The molecule has 36 heavy (non-hydrogen) atoms. The van der Waals surface area contributed by atoms with Crippen molar-refractivity contribution in [3.63, 3.8) is 0 Å². The SMILES string of the molecule is CN(C)c1ccc(CN(CC2CCCO2)C(=O)CCN2C(=O)/C(=C/c3ccc(Cl)cc3)SC2=S)cc1. The lowest BCUT2D eigenvalue weighted by Crippen LogP contribution is -2.39. The maximum atomic E-state index is 13.3. The minimum absolute atomic E-state index is 0.0158. The number of hydrogen-bond acceptors (Lipinski definition) is 6. The van der Waals surface area contributed by atoms with E-state index in [9.17, 15) is 9.59 Å². The Labute approximate surface area is 227 Å². The second-order valence-corrected chi connectivity index (χ2v) is 11.2. The lowest BCUT2D eigenvalue weighted by atomic mass is 10.1. The van der Waals surface area contributed by atoms with Crippen LogP contribution in [0.3, 0.4) is 0 Å². The predicted octanol–water partition coefficient (Wildman–Crippen LogP) is 5.21. The number of hydrogen-bond donors (Lipinski definition) is 0. The third-order valence-corrected chi connectivity index (χ3v) is 7.85. The normalized spacial score (nSPS) is 18.8. The van der Waals surface area contributed by atoms with Gasteiger partial charge in [0.15, 0.2) is 0 Å². The molecule has 2 saturated heterocycles. The van der Waals surface area contributed by atoms with E-state index in [0.29, 0.717) is 27.3 Å². The van der Waals surface area contributed by atoms with Crippen LogP contribution >= 0.6 is 35.6 Å². The van der Waals surface area contributed by atoms with E-state index in [4.69, 9.17) is 28.6 Å². The maximum Gasteiger partial charge on any atom is 0.266 e. The standard InChI is InChI=1S/C27H30ClN3O3S2/c1-29(2)22-11-7-20(8-12-22)17-30(18-23-4-3-15-34-23)25(32)13-14-31-26(33)24(36-27(31)35)16-19-5-9-21(28)10-6-19/h5-12,16,23H,3-4,13-15,17-18H2,1-2H3/b24-16-. The van der Waals surface area contributed by atoms with E-state index < -0.39 is 0 Å². The van der Waals surface area contributed by atoms with E-state index in [1.807, 2.05) is 36.0 Å². The van der Waals surface area contributed by atoms with Crippen molar-refractivity contribution in [3.05, 3.63) is 69.6 Å². The molecule has 0 spiro atoms. The molecule has 0 saturated carbocycles. The molecule has 4 rings (SSSR count). The third-order valence-electron chi connectivity index (χ3n) is 6.22. The van der Waals surface area contributed by atoms with Crippen LogP contribution in [-0.4, -0.2) is 65.8 Å². The van der Waals surface area contributed by atoms with Crippen LogP contribution in [0, 0.1) is 0 Å². The van der Waals surface area contributed by atoms with Gasteiger partial charge in [-0.05, 0) is 54.3 Å². The van der Waals surface area contributed by atoms with Gasteiger partial charge >= 0.3 is 0 Å². The Morgan fingerprint density at radius 1 is 1.19 bits per heavy atom. The lowest BCUT2D eigenvalue weighted by molar-refractivity contribution is -0.134. The lowest BCUT2D eigenvalue weighted by Gasteiger charge is -2.27. The topological polar surface area (TPSA) is 53.1 Å². The van der Waals surface area contributed by atoms with Crippen molar-refractivity contribution in [1.29, 1.82) is 0 Å². The second-order valence-electron chi connectivity index (χ2n) is 9.11. The summed E-state index contributed by atoms with van der Waals surface area (Å²) >= 11 is 12.7. The quantitative estimate of drug-likeness (QED) is 0.320. The van der Waals surface area contributed by atoms with Crippen LogP contribution in [0.2, 0.25) is 5.02 Å². The molecule has 2 aromatic rings. The Hall–Kier alpha value is -2.39. The molecule has 6 nitrogen and oxygen atoms in total. The predicted molar refractivity (Wildman–Crippen MR) is 151 cm³/mol. The summed E-state index contributed by atoms with van der Waals surface area (Å²) in [5, 5.41) is 0.638. The first-order valence-electron chi connectivity index (χ1n) is 12.0. The van der Waals surface area contributed by atoms with Crippen LogP contribution in [-0.2, 0) is 20.9 Å². The highest BCUT2D eigenvalue weighted by atomic mass is 35.5. The van der Waals surface area contributed by atoms with Gasteiger partial charge in [-0.15, -0.1) is 0 Å². The fraction of sp³-hybridized carbons (Fsp3) is 0.370. The molecule has 0 bridgehead atoms. The summed E-state index contributed by atoms with van der Waals surface area (Å²) in [6, 6.07) is 15.5. The Morgan fingerprint density at radius 2 is 1.92 bits per heavy atom. The number of nitrogens with zero attached hydrogens (tertiary/aromatic N) is 3. The molecule has 0 aliphatic carbocycles. The van der Waals surface area contributed by atoms with Crippen molar-refractivity contribution in [2.24, 2.45) is 0 Å². The van der Waals surface area contributed by atoms with Crippen molar-refractivity contribution in [2.45, 2.75) is 31.9 Å². The average molecular weight is 544 g/mol. The largest absolute Gasteiger partial charge is 0.378 e. The van der Waals surface area contributed by atoms with Crippen molar-refractivity contribution in [1.82, 2.24) is 9.80 Å². The summed E-state index contributed by atoms with van der Waals surface area (Å²) in [4.78, 5) is 32.3. The zero-order chi connectivity index (χ0) is 25.7. The van der Waals surface area contributed by atoms with Crippen LogP contribution in [0.25, 0.3) is 6.08 Å². The molecule has 2 amide bonds. The molecule has 2 aromatic carbocycles. The molecular formula is C27H30ClN3O3S2. The molecule has 190 valence electrons. The van der Waals surface area contributed by atoms with E-state index in [1.54, 1.807) is 18.2 Å². The highest BCUT2D eigenvalue weighted by Gasteiger charge is 2.33. The first-order valence-corrected chi connectivity index (χ1v) is 13.6. The Bertz CT molecular complexity index is 1130. The number of amides is 2. The summed E-state index contributed by atoms with van der Waals surface area (Å²) in [5.41, 5.74) is 3.04. The number of carbonyl (C=O) groups is 2. The summed E-state index contributed by atoms with van der Waals surface area (Å²) in [7, 11) is 4.00. The van der Waals surface area contributed by atoms with Gasteiger partial charge in [-0.3, -0.25) is 14.5 Å². The highest BCUT2D eigenvalue weighted by molar-refractivity contribution is 8.26. The monoisotopic (exact) mass is 543 g/mol. The molecule has 2 heterocycles. The number of thioether (sulfide) groups is 1. The second kappa shape index (κ2) is 12.2. The minimum Gasteiger partial charge on any atom is -0.378 e. The van der Waals surface area contributed by atoms with Crippen molar-refractivity contribution in [3.8, 4) is 0 Å². The molecule has 1 unspecified atom stereocenters. The van der Waals surface area contributed by atoms with Gasteiger partial charge in [0, 0.05) is 57.5 Å². The fourth-order valence-corrected chi connectivity index (χ4v) is 5.61. The molecule has 2 aliphatic rings. The number of thiocarbonyl (C=S) groups is 1. The first-order chi connectivity index (χ1) is 17.3. The van der Waals surface area contributed by atoms with Gasteiger partial charge in [-0.2, -0.15) is 0 Å². The first kappa shape index (κ1) is 26.7. The highest BCUT2D eigenvalue weighted by Crippen LogP contribution is 2.33. The molecule has 2 aliphatic heterocycles. The minimum atomic E-state index is -0.169. The summed E-state index contributed by atoms with van der Waals surface area (Å²) in [6.45, 7) is 2.04. The van der Waals surface area contributed by atoms with Gasteiger partial charge in [-0.25, -0.2) is 0 Å². The van der Waals surface area contributed by atoms with Gasteiger partial charge < -0.3 is 14.5 Å². The number of halogens is 1. The Kier molecular flexibility index (Phi) is 9.06. The van der Waals surface area contributed by atoms with E-state index >= 15 is 0 Å². The van der Waals surface area contributed by atoms with Gasteiger partial charge in [0.2, 0.25) is 5.91 Å². The Balaban J connectivity index is 1.40. The van der Waals surface area contributed by atoms with Crippen molar-refractivity contribution >= 4 is 63.5 Å². The summed E-state index contributed by atoms with van der Waals surface area (Å²) in [5.74, 6) is -0.185. The number of anilines is 1. The van der Waals surface area contributed by atoms with Crippen LogP contribution in [0.4, 0.5) is 5.69 Å². The van der Waals surface area contributed by atoms with E-state index in [-0.39, 0.29) is 30.9 Å².